The fourth-order valence-corrected chi connectivity index (χ4v) is 3.22. The van der Waals surface area contributed by atoms with Crippen molar-refractivity contribution < 1.29 is 19.2 Å². The van der Waals surface area contributed by atoms with E-state index in [2.05, 4.69) is 5.32 Å². The van der Waals surface area contributed by atoms with Crippen molar-refractivity contribution in [2.24, 2.45) is 11.7 Å². The van der Waals surface area contributed by atoms with Gasteiger partial charge >= 0.3 is 0 Å². The lowest BCUT2D eigenvalue weighted by Crippen LogP contribution is -2.37. The van der Waals surface area contributed by atoms with E-state index in [9.17, 15) is 19.2 Å². The van der Waals surface area contributed by atoms with Crippen LogP contribution in [0, 0.1) is 5.92 Å². The zero-order valence-corrected chi connectivity index (χ0v) is 15.6. The Morgan fingerprint density at radius 1 is 1.11 bits per heavy atom. The highest BCUT2D eigenvalue weighted by molar-refractivity contribution is 6.42. The maximum absolute atomic E-state index is 12.4. The number of likely N-dealkylation sites (tertiary alicyclic amines) is 1. The Morgan fingerprint density at radius 2 is 1.75 bits per heavy atom. The van der Waals surface area contributed by atoms with Crippen molar-refractivity contribution >= 4 is 23.5 Å². The van der Waals surface area contributed by atoms with Crippen LogP contribution in [0.15, 0.2) is 48.5 Å². The molecule has 0 bridgehead atoms. The summed E-state index contributed by atoms with van der Waals surface area (Å²) >= 11 is 0. The molecular formula is C21H21N3O4. The second-order valence-electron chi connectivity index (χ2n) is 6.90. The Bertz CT molecular complexity index is 970. The summed E-state index contributed by atoms with van der Waals surface area (Å²) in [6.07, 6.45) is 0. The number of rotatable bonds is 5. The molecule has 1 aliphatic heterocycles. The summed E-state index contributed by atoms with van der Waals surface area (Å²) in [5.74, 6) is -3.25. The standard InChI is InChI=1S/C21H21N3O4/c1-12(23-20(27)17-11-24(2)21(28)18(17)25)13-5-3-6-14(9-13)15-7-4-8-16(10-15)19(22)26/h3-10,12,17H,11H2,1-2H3,(H2,22,26)(H,23,27)/t12-,17?/m1/s1. The molecule has 0 aliphatic carbocycles. The zero-order valence-electron chi connectivity index (χ0n) is 15.6. The smallest absolute Gasteiger partial charge is 0.290 e. The van der Waals surface area contributed by atoms with Crippen molar-refractivity contribution in [2.75, 3.05) is 13.6 Å². The van der Waals surface area contributed by atoms with Gasteiger partial charge in [0.1, 0.15) is 5.92 Å². The van der Waals surface area contributed by atoms with Crippen molar-refractivity contribution in [1.82, 2.24) is 10.2 Å². The topological polar surface area (TPSA) is 110 Å². The number of ketones is 1. The number of likely N-dealkylation sites (N-methyl/N-ethyl adjacent to an activating group) is 1. The van der Waals surface area contributed by atoms with Crippen LogP contribution >= 0.6 is 0 Å². The number of benzene rings is 2. The minimum absolute atomic E-state index is 0.0934. The van der Waals surface area contributed by atoms with E-state index in [4.69, 9.17) is 5.73 Å². The Balaban J connectivity index is 1.77. The molecule has 1 heterocycles. The van der Waals surface area contributed by atoms with E-state index >= 15 is 0 Å². The third kappa shape index (κ3) is 3.78. The highest BCUT2D eigenvalue weighted by atomic mass is 16.2. The van der Waals surface area contributed by atoms with E-state index in [1.807, 2.05) is 37.3 Å². The lowest BCUT2D eigenvalue weighted by atomic mass is 9.98. The molecular weight excluding hydrogens is 358 g/mol. The molecule has 1 aliphatic rings. The van der Waals surface area contributed by atoms with E-state index in [0.29, 0.717) is 5.56 Å². The van der Waals surface area contributed by atoms with Gasteiger partial charge < -0.3 is 16.0 Å². The number of hydrogen-bond acceptors (Lipinski definition) is 4. The van der Waals surface area contributed by atoms with Crippen LogP contribution in [0.25, 0.3) is 11.1 Å². The Morgan fingerprint density at radius 3 is 2.36 bits per heavy atom. The highest BCUT2D eigenvalue weighted by Gasteiger charge is 2.41. The van der Waals surface area contributed by atoms with Crippen LogP contribution in [0.3, 0.4) is 0 Å². The van der Waals surface area contributed by atoms with Gasteiger partial charge in [0, 0.05) is 19.2 Å². The first-order valence-electron chi connectivity index (χ1n) is 8.88. The highest BCUT2D eigenvalue weighted by Crippen LogP contribution is 2.24. The van der Waals surface area contributed by atoms with Gasteiger partial charge in [-0.25, -0.2) is 0 Å². The van der Waals surface area contributed by atoms with Crippen LogP contribution < -0.4 is 11.1 Å². The molecule has 3 N–H and O–H groups in total. The number of carbonyl (C=O) groups is 4. The first kappa shape index (κ1) is 19.3. The number of primary amides is 1. The first-order valence-corrected chi connectivity index (χ1v) is 8.88. The van der Waals surface area contributed by atoms with Crippen LogP contribution in [0.2, 0.25) is 0 Å². The third-order valence-electron chi connectivity index (χ3n) is 4.87. The molecule has 7 nitrogen and oxygen atoms in total. The number of nitrogens with one attached hydrogen (secondary N) is 1. The summed E-state index contributed by atoms with van der Waals surface area (Å²) in [5, 5.41) is 2.81. The number of carbonyl (C=O) groups excluding carboxylic acids is 4. The molecule has 0 radical (unpaired) electrons. The monoisotopic (exact) mass is 379 g/mol. The van der Waals surface area contributed by atoms with Gasteiger partial charge in [-0.1, -0.05) is 30.3 Å². The number of nitrogens with two attached hydrogens (primary N) is 1. The lowest BCUT2D eigenvalue weighted by Gasteiger charge is -2.17. The predicted molar refractivity (Wildman–Crippen MR) is 103 cm³/mol. The van der Waals surface area contributed by atoms with Gasteiger partial charge in [-0.05, 0) is 41.8 Å². The minimum atomic E-state index is -0.976. The van der Waals surface area contributed by atoms with Crippen LogP contribution in [-0.4, -0.2) is 42.0 Å². The van der Waals surface area contributed by atoms with E-state index in [0.717, 1.165) is 16.7 Å². The molecule has 28 heavy (non-hydrogen) atoms. The average molecular weight is 379 g/mol. The van der Waals surface area contributed by atoms with Crippen LogP contribution in [0.4, 0.5) is 0 Å². The largest absolute Gasteiger partial charge is 0.366 e. The molecule has 0 aromatic heterocycles. The number of amides is 3. The van der Waals surface area contributed by atoms with Crippen molar-refractivity contribution in [2.45, 2.75) is 13.0 Å². The SMILES string of the molecule is C[C@@H](NC(=O)C1CN(C)C(=O)C1=O)c1cccc(-c2cccc(C(N)=O)c2)c1. The molecule has 7 heteroatoms. The van der Waals surface area contributed by atoms with Gasteiger partial charge in [-0.2, -0.15) is 0 Å². The molecule has 3 rings (SSSR count). The lowest BCUT2D eigenvalue weighted by molar-refractivity contribution is -0.142. The second-order valence-corrected chi connectivity index (χ2v) is 6.90. The van der Waals surface area contributed by atoms with Crippen molar-refractivity contribution in [3.8, 4) is 11.1 Å². The Hall–Kier alpha value is -3.48. The summed E-state index contributed by atoms with van der Waals surface area (Å²) in [7, 11) is 1.50. The van der Waals surface area contributed by atoms with Gasteiger partial charge in [-0.3, -0.25) is 19.2 Å². The van der Waals surface area contributed by atoms with Gasteiger partial charge in [0.15, 0.2) is 0 Å². The molecule has 2 aromatic rings. The Labute approximate surface area is 162 Å². The van der Waals surface area contributed by atoms with Gasteiger partial charge in [-0.15, -0.1) is 0 Å². The fourth-order valence-electron chi connectivity index (χ4n) is 3.22. The van der Waals surface area contributed by atoms with E-state index in [-0.39, 0.29) is 12.6 Å². The Kier molecular flexibility index (Phi) is 5.26. The molecule has 2 aromatic carbocycles. The minimum Gasteiger partial charge on any atom is -0.366 e. The normalized spacial score (nSPS) is 17.5. The molecule has 0 saturated carbocycles. The first-order chi connectivity index (χ1) is 13.3. The number of hydrogen-bond donors (Lipinski definition) is 2. The van der Waals surface area contributed by atoms with E-state index < -0.39 is 29.4 Å². The summed E-state index contributed by atoms with van der Waals surface area (Å²) in [5.41, 5.74) is 8.29. The number of nitrogens with zero attached hydrogens (tertiary/aromatic N) is 1. The second kappa shape index (κ2) is 7.64. The van der Waals surface area contributed by atoms with Crippen molar-refractivity contribution in [3.63, 3.8) is 0 Å². The van der Waals surface area contributed by atoms with E-state index in [1.54, 1.807) is 18.2 Å². The zero-order chi connectivity index (χ0) is 20.4. The van der Waals surface area contributed by atoms with Crippen molar-refractivity contribution in [3.05, 3.63) is 59.7 Å². The molecule has 2 atom stereocenters. The number of Topliss-reactive ketones (excluding diaryl/α,β-unsaturated/α-hetero) is 1. The summed E-state index contributed by atoms with van der Waals surface area (Å²) in [4.78, 5) is 48.6. The van der Waals surface area contributed by atoms with Crippen molar-refractivity contribution in [1.29, 1.82) is 0 Å². The molecule has 0 spiro atoms. The maximum Gasteiger partial charge on any atom is 0.290 e. The average Bonchev–Trinajstić information content (AvgIpc) is 2.95. The molecule has 144 valence electrons. The maximum atomic E-state index is 12.4. The van der Waals surface area contributed by atoms with Gasteiger partial charge in [0.05, 0.1) is 6.04 Å². The van der Waals surface area contributed by atoms with E-state index in [1.165, 1.54) is 11.9 Å². The fraction of sp³-hybridized carbons (Fsp3) is 0.238. The summed E-state index contributed by atoms with van der Waals surface area (Å²) < 4.78 is 0. The predicted octanol–water partition coefficient (Wildman–Crippen LogP) is 1.29. The summed E-state index contributed by atoms with van der Waals surface area (Å²) in [6, 6.07) is 14.1. The molecule has 1 unspecified atom stereocenters. The van der Waals surface area contributed by atoms with Crippen LogP contribution in [0.5, 0.6) is 0 Å². The molecule has 3 amide bonds. The van der Waals surface area contributed by atoms with Crippen LogP contribution in [-0.2, 0) is 14.4 Å². The molecule has 1 fully saturated rings. The quantitative estimate of drug-likeness (QED) is 0.602. The molecule has 1 saturated heterocycles. The van der Waals surface area contributed by atoms with Gasteiger partial charge in [0.25, 0.3) is 5.91 Å². The van der Waals surface area contributed by atoms with Crippen LogP contribution in [0.1, 0.15) is 28.9 Å². The third-order valence-corrected chi connectivity index (χ3v) is 4.87. The summed E-state index contributed by atoms with van der Waals surface area (Å²) in [6.45, 7) is 1.90. The van der Waals surface area contributed by atoms with Gasteiger partial charge in [0.2, 0.25) is 17.6 Å².